The summed E-state index contributed by atoms with van der Waals surface area (Å²) in [5, 5.41) is 24.4. The van der Waals surface area contributed by atoms with Crippen LogP contribution in [0.15, 0.2) is 12.1 Å². The van der Waals surface area contributed by atoms with Crippen molar-refractivity contribution in [2.75, 3.05) is 32.9 Å². The van der Waals surface area contributed by atoms with Crippen LogP contribution >= 0.6 is 24.8 Å². The molecule has 1 saturated heterocycles. The lowest BCUT2D eigenvalue weighted by molar-refractivity contribution is -0.386. The molecular weight excluding hydrogens is 336 g/mol. The Morgan fingerprint density at radius 1 is 1.41 bits per heavy atom. The van der Waals surface area contributed by atoms with Crippen molar-refractivity contribution in [3.8, 4) is 5.75 Å². The summed E-state index contributed by atoms with van der Waals surface area (Å²) in [5.74, 6) is -0.180. The van der Waals surface area contributed by atoms with Crippen LogP contribution in [0, 0.1) is 17.0 Å². The Kier molecular flexibility index (Phi) is 8.62. The molecule has 0 unspecified atom stereocenters. The quantitative estimate of drug-likeness (QED) is 0.640. The molecule has 2 N–H and O–H groups in total. The molecule has 1 aromatic carbocycles. The Balaban J connectivity index is 0.00000220. The maximum atomic E-state index is 13.5. The molecule has 1 fully saturated rings. The second kappa shape index (κ2) is 9.09. The standard InChI is InChI=1S/C13H18FN3O3.2ClH/c1-9-2-3-10(17(19)20)12(13(9)18)11(8-14)16-6-4-15-5-7-16;;/h2-3,11,15,18H,4-8H2,1H3;2*1H/t11-;;/m1../s1. The summed E-state index contributed by atoms with van der Waals surface area (Å²) in [6.45, 7) is 3.49. The average Bonchev–Trinajstić information content (AvgIpc) is 2.45. The van der Waals surface area contributed by atoms with Gasteiger partial charge < -0.3 is 10.4 Å². The van der Waals surface area contributed by atoms with E-state index >= 15 is 0 Å². The minimum atomic E-state index is -0.780. The van der Waals surface area contributed by atoms with E-state index in [4.69, 9.17) is 0 Å². The number of rotatable bonds is 4. The highest BCUT2D eigenvalue weighted by molar-refractivity contribution is 5.85. The molecule has 1 aliphatic rings. The van der Waals surface area contributed by atoms with E-state index in [0.717, 1.165) is 0 Å². The highest BCUT2D eigenvalue weighted by Crippen LogP contribution is 2.38. The van der Waals surface area contributed by atoms with Crippen LogP contribution in [0.25, 0.3) is 0 Å². The smallest absolute Gasteiger partial charge is 0.278 e. The Morgan fingerprint density at radius 3 is 2.50 bits per heavy atom. The van der Waals surface area contributed by atoms with Crippen molar-refractivity contribution in [3.05, 3.63) is 33.4 Å². The van der Waals surface area contributed by atoms with Crippen molar-refractivity contribution >= 4 is 30.5 Å². The summed E-state index contributed by atoms with van der Waals surface area (Å²) in [4.78, 5) is 12.4. The first-order chi connectivity index (χ1) is 9.56. The fourth-order valence-electron chi connectivity index (χ4n) is 2.55. The number of nitro benzene ring substituents is 1. The van der Waals surface area contributed by atoms with Gasteiger partial charge >= 0.3 is 0 Å². The fourth-order valence-corrected chi connectivity index (χ4v) is 2.55. The number of piperazine rings is 1. The first-order valence-corrected chi connectivity index (χ1v) is 6.53. The normalized spacial score (nSPS) is 16.3. The zero-order chi connectivity index (χ0) is 14.7. The van der Waals surface area contributed by atoms with E-state index < -0.39 is 17.6 Å². The summed E-state index contributed by atoms with van der Waals surface area (Å²) >= 11 is 0. The number of hydrogen-bond donors (Lipinski definition) is 2. The van der Waals surface area contributed by atoms with Crippen LogP contribution in [0.2, 0.25) is 0 Å². The van der Waals surface area contributed by atoms with Gasteiger partial charge in [0.2, 0.25) is 0 Å². The van der Waals surface area contributed by atoms with Gasteiger partial charge in [-0.2, -0.15) is 0 Å². The largest absolute Gasteiger partial charge is 0.507 e. The minimum absolute atomic E-state index is 0. The van der Waals surface area contributed by atoms with Gasteiger partial charge in [0.05, 0.1) is 16.5 Å². The van der Waals surface area contributed by atoms with Gasteiger partial charge in [-0.15, -0.1) is 24.8 Å². The van der Waals surface area contributed by atoms with Crippen LogP contribution in [-0.4, -0.2) is 47.8 Å². The third-order valence-electron chi connectivity index (χ3n) is 3.66. The lowest BCUT2D eigenvalue weighted by Gasteiger charge is -2.33. The van der Waals surface area contributed by atoms with E-state index in [0.29, 0.717) is 31.7 Å². The van der Waals surface area contributed by atoms with Crippen LogP contribution < -0.4 is 5.32 Å². The second-order valence-electron chi connectivity index (χ2n) is 4.88. The zero-order valence-electron chi connectivity index (χ0n) is 12.1. The first-order valence-electron chi connectivity index (χ1n) is 6.53. The summed E-state index contributed by atoms with van der Waals surface area (Å²) in [5.41, 5.74) is 0.368. The molecule has 2 rings (SSSR count). The van der Waals surface area contributed by atoms with Gasteiger partial charge in [-0.25, -0.2) is 4.39 Å². The number of aromatic hydroxyl groups is 1. The molecule has 1 aliphatic heterocycles. The van der Waals surface area contributed by atoms with Crippen LogP contribution in [-0.2, 0) is 0 Å². The lowest BCUT2D eigenvalue weighted by atomic mass is 9.99. The summed E-state index contributed by atoms with van der Waals surface area (Å²) in [7, 11) is 0. The van der Waals surface area contributed by atoms with Crippen molar-refractivity contribution in [2.24, 2.45) is 0 Å². The highest BCUT2D eigenvalue weighted by atomic mass is 35.5. The third-order valence-corrected chi connectivity index (χ3v) is 3.66. The molecule has 1 aromatic rings. The molecule has 22 heavy (non-hydrogen) atoms. The number of phenols is 1. The molecule has 0 radical (unpaired) electrons. The van der Waals surface area contributed by atoms with Crippen LogP contribution in [0.4, 0.5) is 10.1 Å². The molecule has 0 saturated carbocycles. The van der Waals surface area contributed by atoms with E-state index in [1.807, 2.05) is 4.90 Å². The summed E-state index contributed by atoms with van der Waals surface area (Å²) in [6, 6.07) is 2.02. The monoisotopic (exact) mass is 355 g/mol. The second-order valence-corrected chi connectivity index (χ2v) is 4.88. The van der Waals surface area contributed by atoms with Gasteiger partial charge in [-0.1, -0.05) is 0 Å². The van der Waals surface area contributed by atoms with Gasteiger partial charge in [0.25, 0.3) is 5.69 Å². The van der Waals surface area contributed by atoms with Gasteiger partial charge in [-0.05, 0) is 18.6 Å². The molecule has 9 heteroatoms. The number of aryl methyl sites for hydroxylation is 1. The molecule has 126 valence electrons. The van der Waals surface area contributed by atoms with Gasteiger partial charge in [0, 0.05) is 32.2 Å². The summed E-state index contributed by atoms with van der Waals surface area (Å²) in [6.07, 6.45) is 0. The molecular formula is C13H20Cl2FN3O3. The molecule has 0 aliphatic carbocycles. The molecule has 1 atom stereocenters. The fraction of sp³-hybridized carbons (Fsp3) is 0.538. The third kappa shape index (κ3) is 4.19. The van der Waals surface area contributed by atoms with E-state index in [-0.39, 0.29) is 41.8 Å². The minimum Gasteiger partial charge on any atom is -0.507 e. The maximum absolute atomic E-state index is 13.5. The Bertz CT molecular complexity index is 514. The molecule has 0 spiro atoms. The maximum Gasteiger partial charge on any atom is 0.278 e. The lowest BCUT2D eigenvalue weighted by Crippen LogP contribution is -2.45. The van der Waals surface area contributed by atoms with Gasteiger partial charge in [0.15, 0.2) is 0 Å². The number of nitrogens with zero attached hydrogens (tertiary/aromatic N) is 2. The van der Waals surface area contributed by atoms with Crippen molar-refractivity contribution in [2.45, 2.75) is 13.0 Å². The van der Waals surface area contributed by atoms with Crippen molar-refractivity contribution < 1.29 is 14.4 Å². The Labute approximate surface area is 140 Å². The van der Waals surface area contributed by atoms with E-state index in [9.17, 15) is 19.6 Å². The van der Waals surface area contributed by atoms with Gasteiger partial charge in [0.1, 0.15) is 12.4 Å². The number of alkyl halides is 1. The summed E-state index contributed by atoms with van der Waals surface area (Å²) < 4.78 is 13.5. The molecule has 1 heterocycles. The topological polar surface area (TPSA) is 78.6 Å². The van der Waals surface area contributed by atoms with Crippen molar-refractivity contribution in [3.63, 3.8) is 0 Å². The van der Waals surface area contributed by atoms with Crippen LogP contribution in [0.3, 0.4) is 0 Å². The molecule has 0 aromatic heterocycles. The highest BCUT2D eigenvalue weighted by Gasteiger charge is 2.31. The number of hydrogen-bond acceptors (Lipinski definition) is 5. The van der Waals surface area contributed by atoms with Crippen molar-refractivity contribution in [1.82, 2.24) is 10.2 Å². The number of benzene rings is 1. The van der Waals surface area contributed by atoms with Crippen molar-refractivity contribution in [1.29, 1.82) is 0 Å². The Morgan fingerprint density at radius 2 is 2.00 bits per heavy atom. The average molecular weight is 356 g/mol. The molecule has 6 nitrogen and oxygen atoms in total. The number of nitro groups is 1. The van der Waals surface area contributed by atoms with Crippen LogP contribution in [0.5, 0.6) is 5.75 Å². The van der Waals surface area contributed by atoms with Crippen LogP contribution in [0.1, 0.15) is 17.2 Å². The zero-order valence-corrected chi connectivity index (χ0v) is 13.8. The number of halogens is 3. The first kappa shape index (κ1) is 20.9. The van der Waals surface area contributed by atoms with E-state index in [1.54, 1.807) is 6.92 Å². The van der Waals surface area contributed by atoms with Gasteiger partial charge in [-0.3, -0.25) is 15.0 Å². The molecule has 0 bridgehead atoms. The SMILES string of the molecule is Cc1ccc([N+](=O)[O-])c([C@@H](CF)N2CCNCC2)c1O.Cl.Cl. The molecule has 0 amide bonds. The predicted molar refractivity (Wildman–Crippen MR) is 87.2 cm³/mol. The predicted octanol–water partition coefficient (Wildman–Crippen LogP) is 2.37. The van der Waals surface area contributed by atoms with E-state index in [1.165, 1.54) is 12.1 Å². The number of nitrogens with one attached hydrogen (secondary N) is 1. The Hall–Kier alpha value is -1.15. The van der Waals surface area contributed by atoms with E-state index in [2.05, 4.69) is 5.32 Å². The number of phenolic OH excluding ortho intramolecular Hbond substituents is 1.